The highest BCUT2D eigenvalue weighted by Gasteiger charge is 2.12. The van der Waals surface area contributed by atoms with Crippen molar-refractivity contribution in [1.29, 1.82) is 0 Å². The number of hydrogen-bond donors (Lipinski definition) is 1. The van der Waals surface area contributed by atoms with Crippen molar-refractivity contribution in [3.05, 3.63) is 24.0 Å². The molecule has 90 valence electrons. The van der Waals surface area contributed by atoms with Gasteiger partial charge in [-0.1, -0.05) is 13.8 Å². The molecule has 0 aliphatic heterocycles. The first-order valence-electron chi connectivity index (χ1n) is 5.93. The molecule has 1 heterocycles. The van der Waals surface area contributed by atoms with Gasteiger partial charge in [-0.15, -0.1) is 0 Å². The number of pyridine rings is 1. The number of anilines is 1. The van der Waals surface area contributed by atoms with E-state index in [-0.39, 0.29) is 0 Å². The van der Waals surface area contributed by atoms with Crippen LogP contribution in [0.3, 0.4) is 0 Å². The lowest BCUT2D eigenvalue weighted by atomic mass is 10.1. The number of hydrogen-bond acceptors (Lipinski definition) is 3. The summed E-state index contributed by atoms with van der Waals surface area (Å²) in [6, 6.07) is 4.46. The Balaban J connectivity index is 2.64. The molecule has 0 fully saturated rings. The zero-order valence-electron chi connectivity index (χ0n) is 10.8. The molecule has 1 aromatic rings. The highest BCUT2D eigenvalue weighted by molar-refractivity contribution is 5.34. The summed E-state index contributed by atoms with van der Waals surface area (Å²) in [5.41, 5.74) is 7.43. The van der Waals surface area contributed by atoms with Crippen LogP contribution < -0.4 is 5.73 Å². The van der Waals surface area contributed by atoms with E-state index in [9.17, 15) is 0 Å². The fraction of sp³-hybridized carbons (Fsp3) is 0.615. The van der Waals surface area contributed by atoms with Crippen LogP contribution in [0.4, 0.5) is 5.69 Å². The van der Waals surface area contributed by atoms with E-state index in [1.807, 2.05) is 12.1 Å². The van der Waals surface area contributed by atoms with Crippen molar-refractivity contribution >= 4 is 5.69 Å². The summed E-state index contributed by atoms with van der Waals surface area (Å²) in [5.74, 6) is 0.677. The van der Waals surface area contributed by atoms with Crippen molar-refractivity contribution in [2.45, 2.75) is 40.3 Å². The summed E-state index contributed by atoms with van der Waals surface area (Å²) in [5, 5.41) is 0. The third-order valence-electron chi connectivity index (χ3n) is 2.54. The smallest absolute Gasteiger partial charge is 0.0545 e. The molecule has 0 amide bonds. The van der Waals surface area contributed by atoms with E-state index in [0.717, 1.165) is 24.5 Å². The van der Waals surface area contributed by atoms with E-state index in [1.165, 1.54) is 0 Å². The number of nitrogens with two attached hydrogens (primary N) is 1. The molecule has 0 atom stereocenters. The second-order valence-corrected chi connectivity index (χ2v) is 5.00. The number of aromatic nitrogens is 1. The molecule has 2 N–H and O–H groups in total. The second-order valence-electron chi connectivity index (χ2n) is 5.00. The van der Waals surface area contributed by atoms with Gasteiger partial charge in [0.2, 0.25) is 0 Å². The fourth-order valence-electron chi connectivity index (χ4n) is 1.66. The van der Waals surface area contributed by atoms with Crippen LogP contribution in [0, 0.1) is 5.92 Å². The van der Waals surface area contributed by atoms with Crippen molar-refractivity contribution in [3.63, 3.8) is 0 Å². The van der Waals surface area contributed by atoms with Gasteiger partial charge in [0, 0.05) is 19.1 Å². The summed E-state index contributed by atoms with van der Waals surface area (Å²) >= 11 is 0. The Hall–Kier alpha value is -1.09. The van der Waals surface area contributed by atoms with Gasteiger partial charge in [-0.25, -0.2) is 0 Å². The molecule has 3 nitrogen and oxygen atoms in total. The van der Waals surface area contributed by atoms with Gasteiger partial charge in [-0.2, -0.15) is 0 Å². The third kappa shape index (κ3) is 4.19. The first-order valence-corrected chi connectivity index (χ1v) is 5.93. The van der Waals surface area contributed by atoms with Crippen LogP contribution in [-0.2, 0) is 6.54 Å². The van der Waals surface area contributed by atoms with Gasteiger partial charge >= 0.3 is 0 Å². The molecule has 0 unspecified atom stereocenters. The largest absolute Gasteiger partial charge is 0.397 e. The molecule has 0 radical (unpaired) electrons. The quantitative estimate of drug-likeness (QED) is 0.830. The lowest BCUT2D eigenvalue weighted by Crippen LogP contribution is -2.33. The standard InChI is InChI=1S/C13H23N3/c1-10(2)8-16(11(3)4)9-13-6-5-12(14)7-15-13/h5-7,10-11H,8-9,14H2,1-4H3. The van der Waals surface area contributed by atoms with Crippen molar-refractivity contribution in [3.8, 4) is 0 Å². The number of rotatable bonds is 5. The van der Waals surface area contributed by atoms with Crippen molar-refractivity contribution in [2.24, 2.45) is 5.92 Å². The van der Waals surface area contributed by atoms with Gasteiger partial charge in [0.25, 0.3) is 0 Å². The highest BCUT2D eigenvalue weighted by atomic mass is 15.2. The topological polar surface area (TPSA) is 42.1 Å². The van der Waals surface area contributed by atoms with Crippen molar-refractivity contribution in [2.75, 3.05) is 12.3 Å². The normalized spacial score (nSPS) is 11.7. The maximum absolute atomic E-state index is 5.62. The van der Waals surface area contributed by atoms with E-state index in [2.05, 4.69) is 37.6 Å². The number of nitrogens with zero attached hydrogens (tertiary/aromatic N) is 2. The van der Waals surface area contributed by atoms with Crippen LogP contribution in [0.5, 0.6) is 0 Å². The second kappa shape index (κ2) is 5.85. The summed E-state index contributed by atoms with van der Waals surface area (Å²) < 4.78 is 0. The van der Waals surface area contributed by atoms with Gasteiger partial charge in [0.1, 0.15) is 0 Å². The lowest BCUT2D eigenvalue weighted by Gasteiger charge is -2.27. The average Bonchev–Trinajstić information content (AvgIpc) is 2.19. The molecule has 0 aliphatic rings. The molecule has 0 spiro atoms. The fourth-order valence-corrected chi connectivity index (χ4v) is 1.66. The predicted octanol–water partition coefficient (Wildman–Crippen LogP) is 2.53. The van der Waals surface area contributed by atoms with Crippen molar-refractivity contribution in [1.82, 2.24) is 9.88 Å². The Bertz CT molecular complexity index is 303. The van der Waals surface area contributed by atoms with E-state index in [0.29, 0.717) is 12.0 Å². The van der Waals surface area contributed by atoms with E-state index in [4.69, 9.17) is 5.73 Å². The molecule has 0 saturated heterocycles. The highest BCUT2D eigenvalue weighted by Crippen LogP contribution is 2.10. The minimum Gasteiger partial charge on any atom is -0.397 e. The van der Waals surface area contributed by atoms with Crippen LogP contribution in [-0.4, -0.2) is 22.5 Å². The van der Waals surface area contributed by atoms with Gasteiger partial charge in [-0.05, 0) is 31.9 Å². The van der Waals surface area contributed by atoms with E-state index < -0.39 is 0 Å². The van der Waals surface area contributed by atoms with Crippen LogP contribution >= 0.6 is 0 Å². The first kappa shape index (κ1) is 13.0. The Morgan fingerprint density at radius 2 is 1.94 bits per heavy atom. The molecule has 3 heteroatoms. The Kier molecular flexibility index (Phi) is 4.74. The van der Waals surface area contributed by atoms with Gasteiger partial charge in [-0.3, -0.25) is 9.88 Å². The minimum absolute atomic E-state index is 0.543. The first-order chi connectivity index (χ1) is 7.49. The average molecular weight is 221 g/mol. The maximum Gasteiger partial charge on any atom is 0.0545 e. The molecule has 0 saturated carbocycles. The molecule has 16 heavy (non-hydrogen) atoms. The molecule has 0 bridgehead atoms. The molecular formula is C13H23N3. The molecule has 1 rings (SSSR count). The zero-order valence-corrected chi connectivity index (χ0v) is 10.8. The Morgan fingerprint density at radius 1 is 1.25 bits per heavy atom. The molecule has 0 aliphatic carbocycles. The minimum atomic E-state index is 0.543. The molecule has 1 aromatic heterocycles. The maximum atomic E-state index is 5.62. The SMILES string of the molecule is CC(C)CN(Cc1ccc(N)cn1)C(C)C. The zero-order chi connectivity index (χ0) is 12.1. The van der Waals surface area contributed by atoms with Crippen LogP contribution in [0.15, 0.2) is 18.3 Å². The van der Waals surface area contributed by atoms with Crippen LogP contribution in [0.1, 0.15) is 33.4 Å². The molecular weight excluding hydrogens is 198 g/mol. The van der Waals surface area contributed by atoms with E-state index >= 15 is 0 Å². The van der Waals surface area contributed by atoms with E-state index in [1.54, 1.807) is 6.20 Å². The third-order valence-corrected chi connectivity index (χ3v) is 2.54. The van der Waals surface area contributed by atoms with Gasteiger partial charge in [0.15, 0.2) is 0 Å². The predicted molar refractivity (Wildman–Crippen MR) is 69.0 cm³/mol. The lowest BCUT2D eigenvalue weighted by molar-refractivity contribution is 0.187. The van der Waals surface area contributed by atoms with Crippen LogP contribution in [0.2, 0.25) is 0 Å². The monoisotopic (exact) mass is 221 g/mol. The van der Waals surface area contributed by atoms with Crippen LogP contribution in [0.25, 0.3) is 0 Å². The Morgan fingerprint density at radius 3 is 2.38 bits per heavy atom. The summed E-state index contributed by atoms with van der Waals surface area (Å²) in [4.78, 5) is 6.77. The van der Waals surface area contributed by atoms with Crippen molar-refractivity contribution < 1.29 is 0 Å². The summed E-state index contributed by atoms with van der Waals surface area (Å²) in [7, 11) is 0. The Labute approximate surface area is 98.7 Å². The summed E-state index contributed by atoms with van der Waals surface area (Å²) in [6.45, 7) is 10.9. The van der Waals surface area contributed by atoms with Gasteiger partial charge < -0.3 is 5.73 Å². The summed E-state index contributed by atoms with van der Waals surface area (Å²) in [6.07, 6.45) is 1.73. The number of nitrogen functional groups attached to an aromatic ring is 1. The molecule has 0 aromatic carbocycles. The van der Waals surface area contributed by atoms with Gasteiger partial charge in [0.05, 0.1) is 17.6 Å².